The van der Waals surface area contributed by atoms with Crippen LogP contribution in [0.3, 0.4) is 0 Å². The van der Waals surface area contributed by atoms with Crippen molar-refractivity contribution in [1.29, 1.82) is 0 Å². The smallest absolute Gasteiger partial charge is 0.173 e. The van der Waals surface area contributed by atoms with Crippen molar-refractivity contribution >= 4 is 11.6 Å². The van der Waals surface area contributed by atoms with Crippen LogP contribution < -0.4 is 4.74 Å². The molecule has 0 saturated carbocycles. The highest BCUT2D eigenvalue weighted by atomic mass is 35.5. The second kappa shape index (κ2) is 6.66. The predicted molar refractivity (Wildman–Crippen MR) is 58.7 cm³/mol. The molecule has 0 amide bonds. The summed E-state index contributed by atoms with van der Waals surface area (Å²) < 4.78 is 18.1. The van der Waals surface area contributed by atoms with Gasteiger partial charge >= 0.3 is 0 Å². The summed E-state index contributed by atoms with van der Waals surface area (Å²) in [6.07, 6.45) is 0. The summed E-state index contributed by atoms with van der Waals surface area (Å²) in [5, 5.41) is 0.328. The molecule has 3 heteroatoms. The van der Waals surface area contributed by atoms with Gasteiger partial charge in [-0.3, -0.25) is 0 Å². The highest BCUT2D eigenvalue weighted by Gasteiger charge is 2.08. The zero-order valence-corrected chi connectivity index (χ0v) is 9.78. The molecule has 1 rings (SSSR count). The third-order valence-corrected chi connectivity index (χ3v) is 1.71. The fourth-order valence-corrected chi connectivity index (χ4v) is 1.29. The fourth-order valence-electron chi connectivity index (χ4n) is 0.969. The lowest BCUT2D eigenvalue weighted by atomic mass is 10.2. The Balaban J connectivity index is 0.000000791. The van der Waals surface area contributed by atoms with Crippen LogP contribution in [0.5, 0.6) is 5.75 Å². The van der Waals surface area contributed by atoms with Crippen LogP contribution in [-0.2, 0) is 0 Å². The number of hydrogen-bond donors (Lipinski definition) is 0. The van der Waals surface area contributed by atoms with Crippen molar-refractivity contribution in [2.24, 2.45) is 0 Å². The maximum atomic E-state index is 13.1. The monoisotopic (exact) mass is 218 g/mol. The molecule has 0 aromatic heterocycles. The van der Waals surface area contributed by atoms with Gasteiger partial charge in [0.2, 0.25) is 0 Å². The molecule has 0 aliphatic heterocycles. The van der Waals surface area contributed by atoms with E-state index in [1.165, 1.54) is 6.07 Å². The van der Waals surface area contributed by atoms with Crippen LogP contribution in [0.1, 0.15) is 26.3 Å². The molecule has 14 heavy (non-hydrogen) atoms. The number of halogens is 2. The largest absolute Gasteiger partial charge is 0.489 e. The van der Waals surface area contributed by atoms with Crippen molar-refractivity contribution in [1.82, 2.24) is 0 Å². The van der Waals surface area contributed by atoms with Crippen LogP contribution in [0.25, 0.3) is 0 Å². The summed E-state index contributed by atoms with van der Waals surface area (Å²) in [6.45, 7) is 7.99. The van der Waals surface area contributed by atoms with Crippen molar-refractivity contribution in [3.05, 3.63) is 28.5 Å². The van der Waals surface area contributed by atoms with E-state index in [9.17, 15) is 4.39 Å². The van der Waals surface area contributed by atoms with Gasteiger partial charge in [-0.25, -0.2) is 4.39 Å². The van der Waals surface area contributed by atoms with Crippen LogP contribution in [0, 0.1) is 12.7 Å². The number of aryl methyl sites for hydroxylation is 1. The average Bonchev–Trinajstić information content (AvgIpc) is 2.14. The molecule has 0 atom stereocenters. The Bertz CT molecular complexity index is 264. The standard InChI is InChI=1S/C9H10ClFO.C2H6/c1-3-12-9-7(10)4-6(2)5-8(9)11;1-2/h4-5H,3H2,1-2H3;1-2H3. The summed E-state index contributed by atoms with van der Waals surface area (Å²) in [6, 6.07) is 3.08. The van der Waals surface area contributed by atoms with Gasteiger partial charge in [0.1, 0.15) is 0 Å². The van der Waals surface area contributed by atoms with Gasteiger partial charge in [-0.1, -0.05) is 25.4 Å². The first-order valence-corrected chi connectivity index (χ1v) is 5.11. The molecule has 1 aromatic carbocycles. The van der Waals surface area contributed by atoms with Crippen molar-refractivity contribution in [3.63, 3.8) is 0 Å². The molecular weight excluding hydrogens is 203 g/mol. The van der Waals surface area contributed by atoms with E-state index in [1.54, 1.807) is 19.9 Å². The zero-order chi connectivity index (χ0) is 11.1. The minimum absolute atomic E-state index is 0.143. The number of hydrogen-bond acceptors (Lipinski definition) is 1. The molecule has 1 aromatic rings. The van der Waals surface area contributed by atoms with E-state index in [0.717, 1.165) is 5.56 Å². The van der Waals surface area contributed by atoms with Crippen molar-refractivity contribution in [3.8, 4) is 5.75 Å². The minimum atomic E-state index is -0.401. The van der Waals surface area contributed by atoms with E-state index in [1.807, 2.05) is 13.8 Å². The normalized spacial score (nSPS) is 9.00. The molecule has 80 valence electrons. The third-order valence-electron chi connectivity index (χ3n) is 1.43. The Morgan fingerprint density at radius 2 is 1.93 bits per heavy atom. The summed E-state index contributed by atoms with van der Waals surface area (Å²) in [4.78, 5) is 0. The lowest BCUT2D eigenvalue weighted by Crippen LogP contribution is -1.95. The quantitative estimate of drug-likeness (QED) is 0.723. The van der Waals surface area contributed by atoms with Crippen LogP contribution in [0.4, 0.5) is 4.39 Å². The molecule has 0 spiro atoms. The van der Waals surface area contributed by atoms with Gasteiger partial charge in [0.05, 0.1) is 11.6 Å². The molecule has 0 bridgehead atoms. The molecule has 0 saturated heterocycles. The average molecular weight is 219 g/mol. The van der Waals surface area contributed by atoms with Crippen LogP contribution >= 0.6 is 11.6 Å². The maximum Gasteiger partial charge on any atom is 0.173 e. The predicted octanol–water partition coefficient (Wildman–Crippen LogP) is 4.21. The second-order valence-corrected chi connectivity index (χ2v) is 2.90. The Hall–Kier alpha value is -0.760. The van der Waals surface area contributed by atoms with Crippen molar-refractivity contribution in [2.45, 2.75) is 27.7 Å². The molecule has 1 nitrogen and oxygen atoms in total. The Labute approximate surface area is 89.8 Å². The topological polar surface area (TPSA) is 9.23 Å². The molecule has 0 aliphatic rings. The first-order valence-electron chi connectivity index (χ1n) is 4.73. The van der Waals surface area contributed by atoms with Gasteiger partial charge < -0.3 is 4.74 Å². The summed E-state index contributed by atoms with van der Waals surface area (Å²) in [5.74, 6) is -0.258. The van der Waals surface area contributed by atoms with E-state index in [0.29, 0.717) is 11.6 Å². The number of benzene rings is 1. The maximum absolute atomic E-state index is 13.1. The van der Waals surface area contributed by atoms with Gasteiger partial charge in [0.15, 0.2) is 11.6 Å². The summed E-state index contributed by atoms with van der Waals surface area (Å²) >= 11 is 5.75. The summed E-state index contributed by atoms with van der Waals surface area (Å²) in [7, 11) is 0. The highest BCUT2D eigenvalue weighted by Crippen LogP contribution is 2.28. The first-order chi connectivity index (χ1) is 6.65. The molecule has 0 N–H and O–H groups in total. The van der Waals surface area contributed by atoms with E-state index >= 15 is 0 Å². The Morgan fingerprint density at radius 1 is 1.36 bits per heavy atom. The number of rotatable bonds is 2. The molecule has 0 unspecified atom stereocenters. The molecular formula is C11H16ClFO. The van der Waals surface area contributed by atoms with Gasteiger partial charge in [-0.05, 0) is 31.5 Å². The highest BCUT2D eigenvalue weighted by molar-refractivity contribution is 6.32. The van der Waals surface area contributed by atoms with Gasteiger partial charge in [0, 0.05) is 0 Å². The van der Waals surface area contributed by atoms with Crippen LogP contribution in [0.15, 0.2) is 12.1 Å². The zero-order valence-electron chi connectivity index (χ0n) is 9.03. The second-order valence-electron chi connectivity index (χ2n) is 2.49. The van der Waals surface area contributed by atoms with Crippen LogP contribution in [0.2, 0.25) is 5.02 Å². The SMILES string of the molecule is CC.CCOc1c(F)cc(C)cc1Cl. The van der Waals surface area contributed by atoms with Crippen molar-refractivity contribution in [2.75, 3.05) is 6.61 Å². The minimum Gasteiger partial charge on any atom is -0.489 e. The molecule has 0 radical (unpaired) electrons. The number of ether oxygens (including phenoxy) is 1. The first kappa shape index (κ1) is 13.2. The van der Waals surface area contributed by atoms with E-state index in [-0.39, 0.29) is 5.75 Å². The molecule has 0 fully saturated rings. The lowest BCUT2D eigenvalue weighted by Gasteiger charge is -2.06. The summed E-state index contributed by atoms with van der Waals surface area (Å²) in [5.41, 5.74) is 0.793. The van der Waals surface area contributed by atoms with Crippen LogP contribution in [-0.4, -0.2) is 6.61 Å². The van der Waals surface area contributed by atoms with Gasteiger partial charge in [0.25, 0.3) is 0 Å². The third kappa shape index (κ3) is 3.54. The molecule has 0 heterocycles. The lowest BCUT2D eigenvalue weighted by molar-refractivity contribution is 0.321. The van der Waals surface area contributed by atoms with Gasteiger partial charge in [-0.2, -0.15) is 0 Å². The van der Waals surface area contributed by atoms with E-state index in [2.05, 4.69) is 0 Å². The Kier molecular flexibility index (Phi) is 6.30. The Morgan fingerprint density at radius 3 is 2.36 bits per heavy atom. The van der Waals surface area contributed by atoms with E-state index in [4.69, 9.17) is 16.3 Å². The molecule has 0 aliphatic carbocycles. The van der Waals surface area contributed by atoms with E-state index < -0.39 is 5.82 Å². The van der Waals surface area contributed by atoms with Gasteiger partial charge in [-0.15, -0.1) is 0 Å². The fraction of sp³-hybridized carbons (Fsp3) is 0.455. The van der Waals surface area contributed by atoms with Crippen molar-refractivity contribution < 1.29 is 9.13 Å².